The maximum atomic E-state index is 12.8. The van der Waals surface area contributed by atoms with Crippen molar-refractivity contribution in [2.45, 2.75) is 13.8 Å². The lowest BCUT2D eigenvalue weighted by Crippen LogP contribution is -2.14. The minimum atomic E-state index is -0.680. The molecular weight excluding hydrogens is 465 g/mol. The summed E-state index contributed by atoms with van der Waals surface area (Å²) in [6.07, 6.45) is 0. The Morgan fingerprint density at radius 3 is 2.55 bits per heavy atom. The second kappa shape index (κ2) is 9.51. The van der Waals surface area contributed by atoms with Crippen LogP contribution in [0.5, 0.6) is 0 Å². The quantitative estimate of drug-likeness (QED) is 0.480. The summed E-state index contributed by atoms with van der Waals surface area (Å²) in [5.74, 6) is -1.82. The Bertz CT molecular complexity index is 1170. The topological polar surface area (TPSA) is 110 Å². The molecule has 0 unspecified atom stereocenters. The summed E-state index contributed by atoms with van der Waals surface area (Å²) in [5, 5.41) is 10.3. The average Bonchev–Trinajstić information content (AvgIpc) is 3.35. The van der Waals surface area contributed by atoms with Crippen molar-refractivity contribution >= 4 is 57.4 Å². The number of carbonyl (C=O) groups is 3. The first-order chi connectivity index (χ1) is 14.8. The van der Waals surface area contributed by atoms with Gasteiger partial charge in [-0.1, -0.05) is 29.3 Å². The average molecular weight is 482 g/mol. The van der Waals surface area contributed by atoms with Crippen molar-refractivity contribution in [3.8, 4) is 11.3 Å². The molecule has 0 aliphatic rings. The number of H-pyrrole nitrogens is 1. The maximum absolute atomic E-state index is 12.8. The molecule has 3 aromatic rings. The number of nitrogens with zero attached hydrogens (tertiary/aromatic N) is 1. The van der Waals surface area contributed by atoms with E-state index >= 15 is 0 Å². The number of aromatic nitrogens is 2. The molecule has 2 N–H and O–H groups in total. The molecule has 0 aliphatic heterocycles. The molecule has 11 heteroatoms. The fraction of sp³-hybridized carbons (Fsp3) is 0.200. The van der Waals surface area contributed by atoms with Crippen molar-refractivity contribution in [1.82, 2.24) is 10.2 Å². The van der Waals surface area contributed by atoms with Crippen molar-refractivity contribution < 1.29 is 23.9 Å². The summed E-state index contributed by atoms with van der Waals surface area (Å²) in [6, 6.07) is 6.50. The zero-order valence-corrected chi connectivity index (χ0v) is 19.0. The second-order valence-electron chi connectivity index (χ2n) is 6.22. The van der Waals surface area contributed by atoms with Crippen molar-refractivity contribution in [1.29, 1.82) is 0 Å². The zero-order valence-electron chi connectivity index (χ0n) is 16.7. The molecule has 0 bridgehead atoms. The Kier molecular flexibility index (Phi) is 6.99. The van der Waals surface area contributed by atoms with E-state index in [-0.39, 0.29) is 27.7 Å². The lowest BCUT2D eigenvalue weighted by molar-refractivity contribution is 0.0531. The summed E-state index contributed by atoms with van der Waals surface area (Å²) in [4.78, 5) is 37.4. The van der Waals surface area contributed by atoms with E-state index in [0.29, 0.717) is 26.9 Å². The fourth-order valence-corrected chi connectivity index (χ4v) is 4.13. The summed E-state index contributed by atoms with van der Waals surface area (Å²) in [5.41, 5.74) is 1.74. The minimum absolute atomic E-state index is 0.0909. The van der Waals surface area contributed by atoms with Crippen molar-refractivity contribution in [2.24, 2.45) is 0 Å². The molecule has 162 valence electrons. The smallest absolute Gasteiger partial charge is 0.348 e. The molecule has 0 radical (unpaired) electrons. The number of rotatable bonds is 6. The summed E-state index contributed by atoms with van der Waals surface area (Å²) < 4.78 is 9.82. The van der Waals surface area contributed by atoms with Crippen molar-refractivity contribution in [2.75, 3.05) is 19.0 Å². The highest BCUT2D eigenvalue weighted by Gasteiger charge is 2.27. The van der Waals surface area contributed by atoms with Gasteiger partial charge < -0.3 is 14.8 Å². The SMILES string of the molecule is CCOC(=O)c1sc(NC(=O)c2cc(-c3ccc(Cl)c(Cl)c3)n[nH]2)c(C(=O)OC)c1C. The van der Waals surface area contributed by atoms with E-state index in [1.54, 1.807) is 32.0 Å². The second-order valence-corrected chi connectivity index (χ2v) is 8.06. The number of thiophene rings is 1. The highest BCUT2D eigenvalue weighted by Crippen LogP contribution is 2.35. The van der Waals surface area contributed by atoms with Crippen molar-refractivity contribution in [3.63, 3.8) is 0 Å². The van der Waals surface area contributed by atoms with E-state index in [2.05, 4.69) is 15.5 Å². The third kappa shape index (κ3) is 4.73. The zero-order chi connectivity index (χ0) is 22.7. The minimum Gasteiger partial charge on any atom is -0.465 e. The van der Waals surface area contributed by atoms with Crippen LogP contribution >= 0.6 is 34.5 Å². The van der Waals surface area contributed by atoms with Crippen LogP contribution in [0.25, 0.3) is 11.3 Å². The first-order valence-corrected chi connectivity index (χ1v) is 10.5. The van der Waals surface area contributed by atoms with Gasteiger partial charge in [0, 0.05) is 5.56 Å². The predicted octanol–water partition coefficient (Wildman–Crippen LogP) is 4.97. The number of nitrogens with one attached hydrogen (secondary N) is 2. The van der Waals surface area contributed by atoms with Crippen LogP contribution in [0.1, 0.15) is 43.0 Å². The Balaban J connectivity index is 1.90. The summed E-state index contributed by atoms with van der Waals surface area (Å²) in [7, 11) is 1.22. The van der Waals surface area contributed by atoms with Gasteiger partial charge in [-0.3, -0.25) is 9.89 Å². The van der Waals surface area contributed by atoms with Gasteiger partial charge >= 0.3 is 11.9 Å². The van der Waals surface area contributed by atoms with E-state index in [1.807, 2.05) is 0 Å². The largest absolute Gasteiger partial charge is 0.465 e. The van der Waals surface area contributed by atoms with Crippen LogP contribution in [0.2, 0.25) is 10.0 Å². The fourth-order valence-electron chi connectivity index (χ4n) is 2.75. The molecule has 3 rings (SSSR count). The molecule has 1 aromatic carbocycles. The van der Waals surface area contributed by atoms with Gasteiger partial charge in [0.25, 0.3) is 5.91 Å². The van der Waals surface area contributed by atoms with Crippen LogP contribution in [0.15, 0.2) is 24.3 Å². The Labute approximate surface area is 191 Å². The highest BCUT2D eigenvalue weighted by atomic mass is 35.5. The number of ether oxygens (including phenoxy) is 2. The Hall–Kier alpha value is -2.88. The lowest BCUT2D eigenvalue weighted by atomic mass is 10.1. The van der Waals surface area contributed by atoms with Gasteiger partial charge in [0.2, 0.25) is 0 Å². The normalized spacial score (nSPS) is 10.6. The third-order valence-electron chi connectivity index (χ3n) is 4.26. The van der Waals surface area contributed by atoms with E-state index in [0.717, 1.165) is 11.3 Å². The van der Waals surface area contributed by atoms with Gasteiger partial charge in [-0.15, -0.1) is 11.3 Å². The number of carbonyl (C=O) groups excluding carboxylic acids is 3. The van der Waals surface area contributed by atoms with Gasteiger partial charge in [0.05, 0.1) is 35.0 Å². The standard InChI is InChI=1S/C20H17Cl2N3O5S/c1-4-30-20(28)16-9(2)15(19(27)29-3)18(31-16)23-17(26)14-8-13(24-25-14)10-5-6-11(21)12(22)7-10/h5-8H,4H2,1-3H3,(H,23,26)(H,24,25). The van der Waals surface area contributed by atoms with Gasteiger partial charge in [-0.2, -0.15) is 5.10 Å². The lowest BCUT2D eigenvalue weighted by Gasteiger charge is -2.04. The number of benzene rings is 1. The first-order valence-electron chi connectivity index (χ1n) is 8.97. The number of methoxy groups -OCH3 is 1. The number of halogens is 2. The molecule has 31 heavy (non-hydrogen) atoms. The number of hydrogen-bond donors (Lipinski definition) is 2. The molecule has 2 heterocycles. The van der Waals surface area contributed by atoms with Crippen LogP contribution in [-0.4, -0.2) is 41.8 Å². The molecule has 0 aliphatic carbocycles. The van der Waals surface area contributed by atoms with Gasteiger partial charge in [-0.25, -0.2) is 9.59 Å². The molecule has 0 saturated carbocycles. The van der Waals surface area contributed by atoms with Crippen LogP contribution in [-0.2, 0) is 9.47 Å². The number of esters is 2. The summed E-state index contributed by atoms with van der Waals surface area (Å²) >= 11 is 12.9. The Morgan fingerprint density at radius 1 is 1.16 bits per heavy atom. The van der Waals surface area contributed by atoms with Gasteiger partial charge in [0.1, 0.15) is 15.6 Å². The predicted molar refractivity (Wildman–Crippen MR) is 118 cm³/mol. The summed E-state index contributed by atoms with van der Waals surface area (Å²) in [6.45, 7) is 3.44. The van der Waals surface area contributed by atoms with E-state index in [4.69, 9.17) is 32.7 Å². The molecule has 8 nitrogen and oxygen atoms in total. The molecule has 0 fully saturated rings. The number of hydrogen-bond acceptors (Lipinski definition) is 7. The number of anilines is 1. The molecule has 0 atom stereocenters. The van der Waals surface area contributed by atoms with E-state index in [1.165, 1.54) is 13.2 Å². The van der Waals surface area contributed by atoms with Crippen LogP contribution in [0, 0.1) is 6.92 Å². The maximum Gasteiger partial charge on any atom is 0.348 e. The molecule has 2 aromatic heterocycles. The first kappa shape index (κ1) is 22.8. The molecule has 0 spiro atoms. The van der Waals surface area contributed by atoms with Crippen LogP contribution in [0.4, 0.5) is 5.00 Å². The molecule has 1 amide bonds. The molecular formula is C20H17Cl2N3O5S. The number of aromatic amines is 1. The third-order valence-corrected chi connectivity index (χ3v) is 6.19. The van der Waals surface area contributed by atoms with Crippen LogP contribution in [0.3, 0.4) is 0 Å². The van der Waals surface area contributed by atoms with E-state index < -0.39 is 17.8 Å². The highest BCUT2D eigenvalue weighted by molar-refractivity contribution is 7.18. The molecule has 0 saturated heterocycles. The Morgan fingerprint density at radius 2 is 1.90 bits per heavy atom. The van der Waals surface area contributed by atoms with Crippen molar-refractivity contribution in [3.05, 3.63) is 56.0 Å². The number of amides is 1. The van der Waals surface area contributed by atoms with E-state index in [9.17, 15) is 14.4 Å². The van der Waals surface area contributed by atoms with Crippen LogP contribution < -0.4 is 5.32 Å². The van der Waals surface area contributed by atoms with Gasteiger partial charge in [-0.05, 0) is 37.6 Å². The monoisotopic (exact) mass is 481 g/mol. The van der Waals surface area contributed by atoms with Gasteiger partial charge in [0.15, 0.2) is 0 Å².